The molecule has 4 saturated heterocycles. The van der Waals surface area contributed by atoms with Crippen molar-refractivity contribution >= 4 is 68.0 Å². The van der Waals surface area contributed by atoms with Crippen molar-refractivity contribution in [3.8, 4) is 33.4 Å². The second-order valence-electron chi connectivity index (χ2n) is 23.8. The van der Waals surface area contributed by atoms with E-state index in [9.17, 15) is 14.4 Å². The van der Waals surface area contributed by atoms with Gasteiger partial charge in [0.25, 0.3) is 17.7 Å². The van der Waals surface area contributed by atoms with Crippen LogP contribution in [0.1, 0.15) is 87.8 Å². The number of hydrogen-bond donors (Lipinski definition) is 1. The molecule has 0 spiro atoms. The minimum Gasteiger partial charge on any atom is -0.441 e. The summed E-state index contributed by atoms with van der Waals surface area (Å²) in [5.41, 5.74) is 12.2. The molecule has 4 aliphatic heterocycles. The molecule has 89 heavy (non-hydrogen) atoms. The van der Waals surface area contributed by atoms with Gasteiger partial charge in [-0.3, -0.25) is 32.5 Å². The number of aryl methyl sites for hydroxylation is 3. The summed E-state index contributed by atoms with van der Waals surface area (Å²) in [6, 6.07) is 28.9. The fourth-order valence-corrected chi connectivity index (χ4v) is 11.9. The van der Waals surface area contributed by atoms with Gasteiger partial charge in [-0.15, -0.1) is 0 Å². The monoisotopic (exact) mass is 1200 g/mol. The number of hydrogen-bond acceptors (Lipinski definition) is 16. The van der Waals surface area contributed by atoms with Crippen LogP contribution in [0.25, 0.3) is 83.6 Å². The Morgan fingerprint density at radius 3 is 1.40 bits per heavy atom. The van der Waals surface area contributed by atoms with Crippen molar-refractivity contribution in [1.82, 2.24) is 68.0 Å². The number of nitrogens with one attached hydrogen (secondary N) is 1. The first kappa shape index (κ1) is 48.4. The highest BCUT2D eigenvalue weighted by atomic mass is 16.5. The topological polar surface area (TPSA) is 225 Å². The number of morpholine rings is 2. The van der Waals surface area contributed by atoms with Crippen molar-refractivity contribution in [2.75, 3.05) is 78.6 Å². The normalized spacial score (nSPS) is 20.7. The van der Waals surface area contributed by atoms with Crippen molar-refractivity contribution in [3.05, 3.63) is 163 Å². The largest absolute Gasteiger partial charge is 0.441 e. The molecule has 3 amide bonds. The molecule has 0 aliphatic carbocycles. The Labute approximate surface area is 522 Å². The molecule has 0 radical (unpaired) electrons. The van der Waals surface area contributed by atoms with Crippen LogP contribution in [0.2, 0.25) is 0 Å². The van der Waals surface area contributed by atoms with Crippen LogP contribution >= 0.6 is 0 Å². The number of pyridine rings is 3. The van der Waals surface area contributed by atoms with Gasteiger partial charge in [0.1, 0.15) is 50.6 Å². The lowest BCUT2D eigenvalue weighted by atomic mass is 9.98. The highest BCUT2D eigenvalue weighted by molar-refractivity contribution is 5.96. The zero-order valence-corrected chi connectivity index (χ0v) is 49.9. The molecule has 9 aromatic heterocycles. The van der Waals surface area contributed by atoms with E-state index in [0.717, 1.165) is 100 Å². The zero-order valence-electron chi connectivity index (χ0n) is 57.9. The van der Waals surface area contributed by atoms with E-state index in [0.29, 0.717) is 71.5 Å². The van der Waals surface area contributed by atoms with Crippen LogP contribution in [0.3, 0.4) is 0 Å². The Morgan fingerprint density at radius 2 is 0.966 bits per heavy atom. The second-order valence-corrected chi connectivity index (χ2v) is 23.8. The number of fused-ring (bicyclic) bond motifs is 6. The number of piperazine rings is 1. The van der Waals surface area contributed by atoms with E-state index in [1.807, 2.05) is 119 Å². The van der Waals surface area contributed by atoms with E-state index in [1.54, 1.807) is 55.8 Å². The lowest BCUT2D eigenvalue weighted by Gasteiger charge is -2.50. The minimum absolute atomic E-state index is 0.0351. The van der Waals surface area contributed by atoms with Crippen molar-refractivity contribution in [2.24, 2.45) is 0 Å². The van der Waals surface area contributed by atoms with Gasteiger partial charge in [0, 0.05) is 103 Å². The molecule has 16 rings (SSSR count). The number of aromatic nitrogens is 9. The summed E-state index contributed by atoms with van der Waals surface area (Å²) in [6.07, 6.45) is 9.91. The summed E-state index contributed by atoms with van der Waals surface area (Å²) in [7, 11) is 0. The fraction of sp³-hybridized carbons (Fsp3) is 0.328. The highest BCUT2D eigenvalue weighted by Gasteiger charge is 2.40. The number of likely N-dealkylation sites (tertiary alicyclic amines) is 1. The molecular formula is C67H68N14O8. The third kappa shape index (κ3) is 11.3. The fourth-order valence-electron chi connectivity index (χ4n) is 11.9. The Morgan fingerprint density at radius 1 is 0.539 bits per heavy atom. The Hall–Kier alpha value is -9.61. The first-order valence-corrected chi connectivity index (χ1v) is 29.2. The number of nitrogens with zero attached hydrogens (tertiary/aromatic N) is 13. The maximum atomic E-state index is 13.5. The number of imidazole rings is 3. The average molecular weight is 1210 g/mol. The number of benzene rings is 3. The van der Waals surface area contributed by atoms with Crippen molar-refractivity contribution < 1.29 is 48.1 Å². The van der Waals surface area contributed by atoms with E-state index >= 15 is 0 Å². The van der Waals surface area contributed by atoms with Gasteiger partial charge in [-0.05, 0) is 134 Å². The number of carbonyl (C=O) groups is 3. The van der Waals surface area contributed by atoms with E-state index in [-0.39, 0.29) is 39.1 Å². The maximum Gasteiger partial charge on any atom is 0.273 e. The molecule has 0 unspecified atom stereocenters. The number of amides is 3. The standard InChI is InChI=1S/C25H28N6O2.C22H22N4O3.C20H18N4O3/c1-16-28-20-10-17(4-6-22(20)33-16)18-5-7-23-26-11-21(31(23)12-18)24(32)30-13-19(14-30)29-9-8-27-25(2,3)15-29;1-14-24-17-10-15(4-6-19(17)29-14)16-5-7-20-23-11-18(25(20)12-16)21(27)26-8-9-28-13-22(26,2)3;1-13-22-16-10-14(2-4-18(16)27-13)15-3-5-19-21-11-17(24(19)12-15)20(25)23-6-8-26-9-7-23/h4-7,10-12,19,27H,8-9,13-15H2,1-3H3;4-7,10-12H,8-9,13H2,1-3H3;2-5,10-12H,6-9H2,1H3/i;;6D2,7D2,8D2,9D2. The van der Waals surface area contributed by atoms with Crippen LogP contribution in [-0.4, -0.2) is 176 Å². The highest BCUT2D eigenvalue weighted by Crippen LogP contribution is 2.31. The first-order chi connectivity index (χ1) is 45.9. The predicted octanol–water partition coefficient (Wildman–Crippen LogP) is 9.58. The molecule has 12 aromatic rings. The van der Waals surface area contributed by atoms with Gasteiger partial charge >= 0.3 is 0 Å². The summed E-state index contributed by atoms with van der Waals surface area (Å²) < 4.78 is 95.6. The summed E-state index contributed by atoms with van der Waals surface area (Å²) in [4.78, 5) is 72.5. The van der Waals surface area contributed by atoms with E-state index in [1.165, 1.54) is 4.40 Å². The summed E-state index contributed by atoms with van der Waals surface area (Å²) in [5, 5.41) is 3.55. The molecule has 22 heteroatoms. The maximum absolute atomic E-state index is 13.5. The molecule has 1 N–H and O–H groups in total. The van der Waals surface area contributed by atoms with Gasteiger partial charge in [0.05, 0.1) is 61.4 Å². The quantitative estimate of drug-likeness (QED) is 0.157. The molecule has 4 fully saturated rings. The summed E-state index contributed by atoms with van der Waals surface area (Å²) in [5.74, 6) is 0.492. The molecule has 4 aliphatic rings. The van der Waals surface area contributed by atoms with E-state index in [2.05, 4.69) is 58.7 Å². The molecule has 13 heterocycles. The van der Waals surface area contributed by atoms with Gasteiger partial charge in [0.2, 0.25) is 0 Å². The summed E-state index contributed by atoms with van der Waals surface area (Å²) >= 11 is 0. The third-order valence-corrected chi connectivity index (χ3v) is 16.4. The van der Waals surface area contributed by atoms with Crippen LogP contribution in [-0.2, 0) is 9.47 Å². The van der Waals surface area contributed by atoms with Gasteiger partial charge in [0.15, 0.2) is 34.4 Å². The molecule has 454 valence electrons. The lowest BCUT2D eigenvalue weighted by molar-refractivity contribution is -0.0373. The SMILES string of the molecule is Cc1nc2cc(-c3ccc4ncc(C(=O)N5CC(N6CCNC(C)(C)C6)C5)n4c3)ccc2o1.Cc1nc2cc(-c3ccc4ncc(C(=O)N5CCOCC5(C)C)n4c3)ccc2o1.[2H]C1([2H])OC([2H])([2H])C([2H])([2H])N(C(=O)c2cnc3ccc(-c4ccc5oc(C)nc5c4)cn23)C1([2H])[2H]. The molecule has 3 aromatic carbocycles. The molecule has 0 atom stereocenters. The van der Waals surface area contributed by atoms with E-state index in [4.69, 9.17) is 29.0 Å². The minimum atomic E-state index is -3.35. The Balaban J connectivity index is 0.000000125. The number of carbonyl (C=O) groups excluding carboxylic acids is 3. The van der Waals surface area contributed by atoms with Crippen LogP contribution in [0, 0.1) is 20.8 Å². The van der Waals surface area contributed by atoms with Crippen LogP contribution in [0.5, 0.6) is 0 Å². The van der Waals surface area contributed by atoms with Crippen molar-refractivity contribution in [1.29, 1.82) is 0 Å². The number of rotatable bonds is 7. The Bertz CT molecular complexity index is 5080. The van der Waals surface area contributed by atoms with Gasteiger partial charge in [-0.1, -0.05) is 18.2 Å². The van der Waals surface area contributed by atoms with Gasteiger partial charge in [-0.25, -0.2) is 29.9 Å². The van der Waals surface area contributed by atoms with Crippen LogP contribution in [0.15, 0.2) is 141 Å². The summed E-state index contributed by atoms with van der Waals surface area (Å²) in [6.45, 7) is 6.76. The zero-order chi connectivity index (χ0) is 68.5. The van der Waals surface area contributed by atoms with Gasteiger partial charge in [-0.2, -0.15) is 0 Å². The third-order valence-electron chi connectivity index (χ3n) is 16.4. The smallest absolute Gasteiger partial charge is 0.273 e. The Kier molecular flexibility index (Phi) is 12.4. The molecule has 0 bridgehead atoms. The van der Waals surface area contributed by atoms with Crippen molar-refractivity contribution in [2.45, 2.75) is 65.6 Å². The van der Waals surface area contributed by atoms with Crippen LogP contribution < -0.4 is 5.32 Å². The first-order valence-electron chi connectivity index (χ1n) is 33.2. The average Bonchev–Trinajstić information content (AvgIpc) is 0.945. The van der Waals surface area contributed by atoms with Gasteiger partial charge < -0.3 is 42.7 Å². The van der Waals surface area contributed by atoms with E-state index < -0.39 is 32.0 Å². The molecular weight excluding hydrogens is 1130 g/mol. The predicted molar refractivity (Wildman–Crippen MR) is 335 cm³/mol. The molecule has 22 nitrogen and oxygen atoms in total. The van der Waals surface area contributed by atoms with Crippen molar-refractivity contribution in [3.63, 3.8) is 0 Å². The molecule has 0 saturated carbocycles. The number of ether oxygens (including phenoxy) is 2. The lowest BCUT2D eigenvalue weighted by Crippen LogP contribution is -2.67. The van der Waals surface area contributed by atoms with Crippen LogP contribution in [0.4, 0.5) is 0 Å². The number of oxazole rings is 3. The second kappa shape index (κ2) is 22.8.